The first-order chi connectivity index (χ1) is 24.8. The van der Waals surface area contributed by atoms with Crippen molar-refractivity contribution in [1.82, 2.24) is 29.8 Å². The lowest BCUT2D eigenvalue weighted by Gasteiger charge is -2.37. The third-order valence-electron chi connectivity index (χ3n) is 14.5. The maximum absolute atomic E-state index is 3.42. The summed E-state index contributed by atoms with van der Waals surface area (Å²) in [5.41, 5.74) is 0. The summed E-state index contributed by atoms with van der Waals surface area (Å²) in [7, 11) is 0. The van der Waals surface area contributed by atoms with Gasteiger partial charge in [0.15, 0.2) is 0 Å². The minimum absolute atomic E-state index is 0.742. The zero-order valence-electron chi connectivity index (χ0n) is 37.2. The fourth-order valence-electron chi connectivity index (χ4n) is 9.53. The second-order valence-corrected chi connectivity index (χ2v) is 19.8. The van der Waals surface area contributed by atoms with Crippen LogP contribution in [0, 0.1) is 47.3 Å². The van der Waals surface area contributed by atoms with Crippen LogP contribution in [-0.2, 0) is 0 Å². The van der Waals surface area contributed by atoms with Crippen LogP contribution in [0.3, 0.4) is 0 Å². The number of hydrogen-bond donors (Lipinski definition) is 1. The predicted molar refractivity (Wildman–Crippen MR) is 229 cm³/mol. The first-order valence-corrected chi connectivity index (χ1v) is 23.2. The van der Waals surface area contributed by atoms with Gasteiger partial charge in [0, 0.05) is 51.4 Å². The number of hydrogen-bond acceptors (Lipinski definition) is 6. The SMILES string of the molecule is CC(C)C(C)CC1CCN(C(C)C)CC1.CC(C)C1CCN(CCC2CCN(C(C)C)CC2)CC1.CC(C)C1CCN(CCN2CCNCC2)CC1. The summed E-state index contributed by atoms with van der Waals surface area (Å²) in [5.74, 6) is 7.48. The van der Waals surface area contributed by atoms with E-state index in [0.29, 0.717) is 0 Å². The molecule has 5 fully saturated rings. The van der Waals surface area contributed by atoms with E-state index in [4.69, 9.17) is 0 Å². The summed E-state index contributed by atoms with van der Waals surface area (Å²) >= 11 is 0. The van der Waals surface area contributed by atoms with Crippen LogP contribution in [0.2, 0.25) is 0 Å². The highest BCUT2D eigenvalue weighted by molar-refractivity contribution is 4.80. The smallest absolute Gasteiger partial charge is 0.0110 e. The van der Waals surface area contributed by atoms with E-state index in [1.54, 1.807) is 0 Å². The first-order valence-electron chi connectivity index (χ1n) is 23.2. The Morgan fingerprint density at radius 2 is 0.827 bits per heavy atom. The van der Waals surface area contributed by atoms with Gasteiger partial charge in [0.05, 0.1) is 0 Å². The number of likely N-dealkylation sites (tertiary alicyclic amines) is 4. The van der Waals surface area contributed by atoms with Crippen molar-refractivity contribution < 1.29 is 0 Å². The number of rotatable bonds is 13. The van der Waals surface area contributed by atoms with Gasteiger partial charge in [-0.15, -0.1) is 0 Å². The molecule has 0 spiro atoms. The van der Waals surface area contributed by atoms with Crippen LogP contribution >= 0.6 is 0 Å². The van der Waals surface area contributed by atoms with Crippen molar-refractivity contribution in [1.29, 1.82) is 0 Å². The molecule has 0 aliphatic carbocycles. The van der Waals surface area contributed by atoms with E-state index in [1.807, 2.05) is 0 Å². The molecular formula is C46H94N6. The largest absolute Gasteiger partial charge is 0.314 e. The molecule has 0 aromatic carbocycles. The molecule has 5 rings (SSSR count). The van der Waals surface area contributed by atoms with Gasteiger partial charge in [-0.2, -0.15) is 0 Å². The highest BCUT2D eigenvalue weighted by Crippen LogP contribution is 2.29. The van der Waals surface area contributed by atoms with Crippen LogP contribution < -0.4 is 5.32 Å². The Kier molecular flexibility index (Phi) is 22.3. The third kappa shape index (κ3) is 17.7. The highest BCUT2D eigenvalue weighted by Gasteiger charge is 2.26. The predicted octanol–water partition coefficient (Wildman–Crippen LogP) is 8.91. The Morgan fingerprint density at radius 3 is 1.21 bits per heavy atom. The van der Waals surface area contributed by atoms with E-state index in [2.05, 4.69) is 106 Å². The first kappa shape index (κ1) is 46.1. The number of nitrogens with one attached hydrogen (secondary N) is 1. The molecule has 52 heavy (non-hydrogen) atoms. The molecule has 0 aromatic rings. The van der Waals surface area contributed by atoms with E-state index in [-0.39, 0.29) is 0 Å². The summed E-state index contributed by atoms with van der Waals surface area (Å²) in [4.78, 5) is 13.3. The van der Waals surface area contributed by atoms with Crippen molar-refractivity contribution in [3.8, 4) is 0 Å². The van der Waals surface area contributed by atoms with E-state index in [0.717, 1.165) is 59.4 Å². The molecule has 5 saturated heterocycles. The molecule has 1 N–H and O–H groups in total. The highest BCUT2D eigenvalue weighted by atomic mass is 15.2. The molecule has 0 radical (unpaired) electrons. The van der Waals surface area contributed by atoms with Crippen LogP contribution in [0.25, 0.3) is 0 Å². The lowest BCUT2D eigenvalue weighted by Crippen LogP contribution is -2.47. The Hall–Kier alpha value is -0.240. The fourth-order valence-corrected chi connectivity index (χ4v) is 9.53. The van der Waals surface area contributed by atoms with Gasteiger partial charge in [-0.25, -0.2) is 0 Å². The molecule has 0 saturated carbocycles. The van der Waals surface area contributed by atoms with Crippen LogP contribution in [0.4, 0.5) is 0 Å². The van der Waals surface area contributed by atoms with E-state index in [1.165, 1.54) is 162 Å². The van der Waals surface area contributed by atoms with E-state index >= 15 is 0 Å². The molecule has 5 heterocycles. The van der Waals surface area contributed by atoms with Crippen molar-refractivity contribution in [3.63, 3.8) is 0 Å². The fraction of sp³-hybridized carbons (Fsp3) is 1.00. The molecule has 6 heteroatoms. The molecule has 5 aliphatic rings. The standard InChI is InChI=1S/C18H36N2.C14H29N3.C14H29N/c1-15(2)18-8-11-19(12-9-18)10-5-17-6-13-20(14-7-17)16(3)4;1-13(2)14-3-7-16(8-4-14)11-12-17-9-5-15-6-10-17;1-11(2)13(5)10-14-6-8-15(9-7-14)12(3)4/h15-18H,5-14H2,1-4H3;13-15H,3-12H2,1-2H3;11-14H,6-10H2,1-5H3. The zero-order chi connectivity index (χ0) is 38.0. The summed E-state index contributed by atoms with van der Waals surface area (Å²) in [6.45, 7) is 45.4. The van der Waals surface area contributed by atoms with Gasteiger partial charge >= 0.3 is 0 Å². The molecular weight excluding hydrogens is 637 g/mol. The van der Waals surface area contributed by atoms with Crippen LogP contribution in [0.5, 0.6) is 0 Å². The number of nitrogens with zero attached hydrogens (tertiary/aromatic N) is 5. The molecule has 1 atom stereocenters. The van der Waals surface area contributed by atoms with Gasteiger partial charge in [0.2, 0.25) is 0 Å². The van der Waals surface area contributed by atoms with Gasteiger partial charge in [0.25, 0.3) is 0 Å². The van der Waals surface area contributed by atoms with Crippen molar-refractivity contribution in [2.24, 2.45) is 47.3 Å². The molecule has 308 valence electrons. The topological polar surface area (TPSA) is 28.2 Å². The maximum atomic E-state index is 3.42. The van der Waals surface area contributed by atoms with Gasteiger partial charge in [-0.05, 0) is 198 Å². The normalized spacial score (nSPS) is 24.5. The lowest BCUT2D eigenvalue weighted by molar-refractivity contribution is 0.120. The van der Waals surface area contributed by atoms with Gasteiger partial charge in [-0.1, -0.05) is 48.5 Å². The summed E-state index contributed by atoms with van der Waals surface area (Å²) in [6.07, 6.45) is 14.3. The molecule has 1 unspecified atom stereocenters. The summed E-state index contributed by atoms with van der Waals surface area (Å²) in [5, 5.41) is 3.42. The number of piperidine rings is 4. The van der Waals surface area contributed by atoms with E-state index in [9.17, 15) is 0 Å². The zero-order valence-corrected chi connectivity index (χ0v) is 37.2. The van der Waals surface area contributed by atoms with Crippen molar-refractivity contribution in [2.75, 3.05) is 98.2 Å². The van der Waals surface area contributed by atoms with Crippen molar-refractivity contribution in [3.05, 3.63) is 0 Å². The minimum atomic E-state index is 0.742. The summed E-state index contributed by atoms with van der Waals surface area (Å²) in [6, 6.07) is 1.49. The van der Waals surface area contributed by atoms with Crippen LogP contribution in [0.15, 0.2) is 0 Å². The average Bonchev–Trinajstić information content (AvgIpc) is 3.14. The molecule has 6 nitrogen and oxygen atoms in total. The summed E-state index contributed by atoms with van der Waals surface area (Å²) < 4.78 is 0. The van der Waals surface area contributed by atoms with Gasteiger partial charge in [-0.3, -0.25) is 4.90 Å². The molecule has 0 amide bonds. The van der Waals surface area contributed by atoms with E-state index < -0.39 is 0 Å². The lowest BCUT2D eigenvalue weighted by atomic mass is 9.83. The Morgan fingerprint density at radius 1 is 0.442 bits per heavy atom. The quantitative estimate of drug-likeness (QED) is 0.204. The Balaban J connectivity index is 0.000000213. The number of piperazine rings is 1. The van der Waals surface area contributed by atoms with Crippen LogP contribution in [0.1, 0.15) is 140 Å². The Labute approximate surface area is 326 Å². The van der Waals surface area contributed by atoms with Crippen molar-refractivity contribution >= 4 is 0 Å². The van der Waals surface area contributed by atoms with Crippen molar-refractivity contribution in [2.45, 2.75) is 152 Å². The molecule has 0 bridgehead atoms. The minimum Gasteiger partial charge on any atom is -0.314 e. The average molecular weight is 731 g/mol. The van der Waals surface area contributed by atoms with Gasteiger partial charge < -0.3 is 24.9 Å². The Bertz CT molecular complexity index is 824. The molecule has 5 aliphatic heterocycles. The third-order valence-corrected chi connectivity index (χ3v) is 14.5. The second-order valence-electron chi connectivity index (χ2n) is 19.8. The maximum Gasteiger partial charge on any atom is 0.0110 e. The molecule has 0 aromatic heterocycles. The monoisotopic (exact) mass is 731 g/mol. The van der Waals surface area contributed by atoms with Crippen LogP contribution in [-0.4, -0.2) is 135 Å². The second kappa shape index (κ2) is 25.1. The van der Waals surface area contributed by atoms with Gasteiger partial charge in [0.1, 0.15) is 0 Å².